The molecule has 27 heavy (non-hydrogen) atoms. The minimum absolute atomic E-state index is 0.133. The van der Waals surface area contributed by atoms with Crippen molar-refractivity contribution >= 4 is 27.3 Å². The van der Waals surface area contributed by atoms with E-state index in [1.165, 1.54) is 10.6 Å². The minimum atomic E-state index is -3.46. The molecule has 7 nitrogen and oxygen atoms in total. The minimum Gasteiger partial charge on any atom is -0.369 e. The second kappa shape index (κ2) is 9.41. The molecule has 1 N–H and O–H groups in total. The summed E-state index contributed by atoms with van der Waals surface area (Å²) in [6.45, 7) is 8.72. The molecule has 0 aliphatic carbocycles. The zero-order valence-electron chi connectivity index (χ0n) is 16.8. The van der Waals surface area contributed by atoms with Gasteiger partial charge in [-0.3, -0.25) is 9.10 Å². The molecular weight excluding hydrogens is 364 g/mol. The van der Waals surface area contributed by atoms with Crippen LogP contribution in [0.15, 0.2) is 24.3 Å². The number of sulfonamides is 1. The van der Waals surface area contributed by atoms with E-state index in [9.17, 15) is 13.2 Å². The van der Waals surface area contributed by atoms with Gasteiger partial charge in [-0.15, -0.1) is 0 Å². The molecular formula is C19H32N4O3S. The van der Waals surface area contributed by atoms with E-state index in [-0.39, 0.29) is 18.9 Å². The molecule has 0 unspecified atom stereocenters. The van der Waals surface area contributed by atoms with Gasteiger partial charge in [0.1, 0.15) is 0 Å². The smallest absolute Gasteiger partial charge is 0.232 e. The molecule has 0 bridgehead atoms. The Morgan fingerprint density at radius 2 is 1.74 bits per heavy atom. The Bertz CT molecular complexity index is 711. The number of amides is 1. The number of nitrogens with zero attached hydrogens (tertiary/aromatic N) is 3. The lowest BCUT2D eigenvalue weighted by Gasteiger charge is -2.34. The Labute approximate surface area is 163 Å². The maximum Gasteiger partial charge on any atom is 0.232 e. The molecule has 1 amide bonds. The van der Waals surface area contributed by atoms with E-state index >= 15 is 0 Å². The largest absolute Gasteiger partial charge is 0.369 e. The summed E-state index contributed by atoms with van der Waals surface area (Å²) in [5.41, 5.74) is 1.68. The number of piperazine rings is 1. The lowest BCUT2D eigenvalue weighted by Crippen LogP contribution is -2.44. The number of benzene rings is 1. The SMILES string of the molecule is CC(C)CNC(=O)CCN(c1ccc(N2CCN(C)CC2)cc1)S(C)(=O)=O. The van der Waals surface area contributed by atoms with E-state index < -0.39 is 10.0 Å². The summed E-state index contributed by atoms with van der Waals surface area (Å²) in [4.78, 5) is 16.5. The van der Waals surface area contributed by atoms with Crippen LogP contribution in [0.5, 0.6) is 0 Å². The normalized spacial score (nSPS) is 15.8. The molecule has 0 spiro atoms. The van der Waals surface area contributed by atoms with Crippen molar-refractivity contribution in [3.05, 3.63) is 24.3 Å². The summed E-state index contributed by atoms with van der Waals surface area (Å²) in [5, 5.41) is 2.82. The molecule has 152 valence electrons. The topological polar surface area (TPSA) is 73.0 Å². The van der Waals surface area contributed by atoms with Gasteiger partial charge < -0.3 is 15.1 Å². The van der Waals surface area contributed by atoms with E-state index in [4.69, 9.17) is 0 Å². The van der Waals surface area contributed by atoms with Crippen LogP contribution in [-0.2, 0) is 14.8 Å². The van der Waals surface area contributed by atoms with Crippen LogP contribution >= 0.6 is 0 Å². The molecule has 1 aliphatic rings. The van der Waals surface area contributed by atoms with Gasteiger partial charge in [0, 0.05) is 51.4 Å². The molecule has 1 aromatic carbocycles. The van der Waals surface area contributed by atoms with Crippen molar-refractivity contribution in [2.75, 3.05) is 61.8 Å². The first-order valence-electron chi connectivity index (χ1n) is 9.45. The van der Waals surface area contributed by atoms with Crippen molar-refractivity contribution in [3.63, 3.8) is 0 Å². The summed E-state index contributed by atoms with van der Waals surface area (Å²) in [6.07, 6.45) is 1.31. The molecule has 8 heteroatoms. The molecule has 1 aromatic rings. The Hall–Kier alpha value is -1.80. The van der Waals surface area contributed by atoms with Gasteiger partial charge in [-0.05, 0) is 37.2 Å². The van der Waals surface area contributed by atoms with Crippen molar-refractivity contribution < 1.29 is 13.2 Å². The fourth-order valence-electron chi connectivity index (χ4n) is 2.99. The highest BCUT2D eigenvalue weighted by Crippen LogP contribution is 2.23. The number of hydrogen-bond donors (Lipinski definition) is 1. The number of anilines is 2. The third-order valence-electron chi connectivity index (χ3n) is 4.66. The van der Waals surface area contributed by atoms with Crippen LogP contribution in [0.3, 0.4) is 0 Å². The van der Waals surface area contributed by atoms with Gasteiger partial charge in [-0.2, -0.15) is 0 Å². The summed E-state index contributed by atoms with van der Waals surface area (Å²) in [7, 11) is -1.34. The number of hydrogen-bond acceptors (Lipinski definition) is 5. The van der Waals surface area contributed by atoms with E-state index in [2.05, 4.69) is 22.2 Å². The van der Waals surface area contributed by atoms with Crippen molar-refractivity contribution in [2.24, 2.45) is 5.92 Å². The highest BCUT2D eigenvalue weighted by Gasteiger charge is 2.20. The van der Waals surface area contributed by atoms with Crippen LogP contribution < -0.4 is 14.5 Å². The van der Waals surface area contributed by atoms with Crippen LogP contribution in [0.1, 0.15) is 20.3 Å². The average Bonchev–Trinajstić information content (AvgIpc) is 2.60. The zero-order valence-corrected chi connectivity index (χ0v) is 17.6. The van der Waals surface area contributed by atoms with E-state index in [0.29, 0.717) is 18.2 Å². The second-order valence-electron chi connectivity index (χ2n) is 7.59. The van der Waals surface area contributed by atoms with Gasteiger partial charge in [-0.25, -0.2) is 8.42 Å². The van der Waals surface area contributed by atoms with Crippen molar-refractivity contribution in [1.82, 2.24) is 10.2 Å². The third-order valence-corrected chi connectivity index (χ3v) is 5.85. The Balaban J connectivity index is 2.03. The quantitative estimate of drug-likeness (QED) is 0.718. The molecule has 0 radical (unpaired) electrons. The second-order valence-corrected chi connectivity index (χ2v) is 9.50. The van der Waals surface area contributed by atoms with E-state index in [1.54, 1.807) is 0 Å². The van der Waals surface area contributed by atoms with Gasteiger partial charge in [0.05, 0.1) is 11.9 Å². The number of rotatable bonds is 8. The van der Waals surface area contributed by atoms with Crippen LogP contribution in [0.4, 0.5) is 11.4 Å². The highest BCUT2D eigenvalue weighted by molar-refractivity contribution is 7.92. The van der Waals surface area contributed by atoms with Crippen molar-refractivity contribution in [1.29, 1.82) is 0 Å². The monoisotopic (exact) mass is 396 g/mol. The lowest BCUT2D eigenvalue weighted by molar-refractivity contribution is -0.121. The van der Waals surface area contributed by atoms with Gasteiger partial charge in [0.2, 0.25) is 15.9 Å². The first kappa shape index (κ1) is 21.5. The van der Waals surface area contributed by atoms with Crippen LogP contribution in [0, 0.1) is 5.92 Å². The van der Waals surface area contributed by atoms with Gasteiger partial charge in [0.25, 0.3) is 0 Å². The lowest BCUT2D eigenvalue weighted by atomic mass is 10.2. The van der Waals surface area contributed by atoms with Gasteiger partial charge >= 0.3 is 0 Å². The molecule has 0 saturated carbocycles. The van der Waals surface area contributed by atoms with E-state index in [1.807, 2.05) is 38.1 Å². The third kappa shape index (κ3) is 6.70. The fraction of sp³-hybridized carbons (Fsp3) is 0.632. The Morgan fingerprint density at radius 1 is 1.15 bits per heavy atom. The average molecular weight is 397 g/mol. The maximum atomic E-state index is 12.2. The molecule has 0 aromatic heterocycles. The molecule has 1 saturated heterocycles. The van der Waals surface area contributed by atoms with Crippen LogP contribution in [0.2, 0.25) is 0 Å². The molecule has 2 rings (SSSR count). The predicted molar refractivity (Wildman–Crippen MR) is 111 cm³/mol. The van der Waals surface area contributed by atoms with Crippen molar-refractivity contribution in [2.45, 2.75) is 20.3 Å². The standard InChI is InChI=1S/C19H32N4O3S/c1-16(2)15-20-19(24)9-10-23(27(4,25)26)18-7-5-17(6-8-18)22-13-11-21(3)12-14-22/h5-8,16H,9-15H2,1-4H3,(H,20,24). The molecule has 1 fully saturated rings. The number of likely N-dealkylation sites (N-methyl/N-ethyl adjacent to an activating group) is 1. The Morgan fingerprint density at radius 3 is 2.26 bits per heavy atom. The molecule has 1 heterocycles. The first-order chi connectivity index (χ1) is 12.7. The number of nitrogens with one attached hydrogen (secondary N) is 1. The predicted octanol–water partition coefficient (Wildman–Crippen LogP) is 1.37. The maximum absolute atomic E-state index is 12.2. The summed E-state index contributed by atoms with van der Waals surface area (Å²) >= 11 is 0. The molecule has 0 atom stereocenters. The molecule has 1 aliphatic heterocycles. The highest BCUT2D eigenvalue weighted by atomic mass is 32.2. The summed E-state index contributed by atoms with van der Waals surface area (Å²) in [5.74, 6) is 0.230. The number of carbonyl (C=O) groups is 1. The number of carbonyl (C=O) groups excluding carboxylic acids is 1. The van der Waals surface area contributed by atoms with Gasteiger partial charge in [0.15, 0.2) is 0 Å². The van der Waals surface area contributed by atoms with Crippen molar-refractivity contribution in [3.8, 4) is 0 Å². The van der Waals surface area contributed by atoms with Gasteiger partial charge in [-0.1, -0.05) is 13.8 Å². The van der Waals surface area contributed by atoms with Crippen LogP contribution in [0.25, 0.3) is 0 Å². The van der Waals surface area contributed by atoms with E-state index in [0.717, 1.165) is 31.9 Å². The Kier molecular flexibility index (Phi) is 7.49. The zero-order chi connectivity index (χ0) is 20.0. The summed E-state index contributed by atoms with van der Waals surface area (Å²) < 4.78 is 25.7. The summed E-state index contributed by atoms with van der Waals surface area (Å²) in [6, 6.07) is 7.55. The fourth-order valence-corrected chi connectivity index (χ4v) is 3.92. The van der Waals surface area contributed by atoms with Crippen LogP contribution in [-0.4, -0.2) is 71.8 Å². The first-order valence-corrected chi connectivity index (χ1v) is 11.3.